The average Bonchev–Trinajstić information content (AvgIpc) is 3.28. The van der Waals surface area contributed by atoms with Crippen molar-refractivity contribution >= 4 is 49.1 Å². The monoisotopic (exact) mass is 500 g/mol. The minimum Gasteiger partial charge on any atom is -0.353 e. The summed E-state index contributed by atoms with van der Waals surface area (Å²) in [6.07, 6.45) is 3.27. The van der Waals surface area contributed by atoms with Crippen molar-refractivity contribution in [3.63, 3.8) is 0 Å². The molecule has 10 nitrogen and oxygen atoms in total. The van der Waals surface area contributed by atoms with Gasteiger partial charge in [0, 0.05) is 32.4 Å². The molecule has 5 aromatic rings. The molecule has 0 atom stereocenters. The van der Waals surface area contributed by atoms with E-state index < -0.39 is 5.91 Å². The molecule has 1 aromatic carbocycles. The summed E-state index contributed by atoms with van der Waals surface area (Å²) in [7, 11) is 2.08. The zero-order valence-corrected chi connectivity index (χ0v) is 20.7. The molecule has 11 heteroatoms. The highest BCUT2D eigenvalue weighted by Crippen LogP contribution is 2.31. The number of piperazine rings is 1. The molecule has 6 rings (SSSR count). The average molecular weight is 501 g/mol. The van der Waals surface area contributed by atoms with Crippen LogP contribution < -0.4 is 15.6 Å². The third kappa shape index (κ3) is 3.86. The first-order chi connectivity index (χ1) is 17.5. The number of thiazole rings is 1. The Morgan fingerprint density at radius 2 is 1.89 bits per heavy atom. The Labute approximate surface area is 210 Å². The molecule has 1 amide bonds. The van der Waals surface area contributed by atoms with Gasteiger partial charge in [-0.1, -0.05) is 12.1 Å². The minimum absolute atomic E-state index is 0.0982. The predicted octanol–water partition coefficient (Wildman–Crippen LogP) is 2.24. The maximum atomic E-state index is 13.8. The van der Waals surface area contributed by atoms with Crippen LogP contribution in [0, 0.1) is 6.92 Å². The Morgan fingerprint density at radius 3 is 2.67 bits per heavy atom. The van der Waals surface area contributed by atoms with Crippen LogP contribution in [0.5, 0.6) is 0 Å². The van der Waals surface area contributed by atoms with Crippen LogP contribution in [0.25, 0.3) is 26.1 Å². The fraction of sp³-hybridized carbons (Fsp3) is 0.280. The number of likely N-dealkylation sites (N-methyl/N-ethyl adjacent to an activating group) is 1. The number of anilines is 1. The molecule has 1 aliphatic heterocycles. The number of hydrogen-bond acceptors (Lipinski definition) is 9. The molecule has 0 unspecified atom stereocenters. The van der Waals surface area contributed by atoms with Gasteiger partial charge in [0.2, 0.25) is 5.43 Å². The molecule has 1 saturated heterocycles. The highest BCUT2D eigenvalue weighted by Gasteiger charge is 2.24. The molecule has 4 aromatic heterocycles. The number of para-hydroxylation sites is 1. The fourth-order valence-electron chi connectivity index (χ4n) is 4.46. The lowest BCUT2D eigenvalue weighted by molar-refractivity contribution is 0.0951. The summed E-state index contributed by atoms with van der Waals surface area (Å²) < 4.78 is 2.82. The highest BCUT2D eigenvalue weighted by atomic mass is 32.1. The third-order valence-corrected chi connectivity index (χ3v) is 7.64. The van der Waals surface area contributed by atoms with Crippen molar-refractivity contribution in [1.82, 2.24) is 34.8 Å². The highest BCUT2D eigenvalue weighted by molar-refractivity contribution is 7.24. The van der Waals surface area contributed by atoms with Gasteiger partial charge >= 0.3 is 0 Å². The van der Waals surface area contributed by atoms with Crippen LogP contribution in [0.4, 0.5) is 5.82 Å². The van der Waals surface area contributed by atoms with Crippen molar-refractivity contribution in [3.05, 3.63) is 69.9 Å². The zero-order valence-electron chi connectivity index (χ0n) is 19.9. The number of carbonyl (C=O) groups excluding carboxylic acids is 1. The Hall–Kier alpha value is -3.96. The molecule has 36 heavy (non-hydrogen) atoms. The van der Waals surface area contributed by atoms with Crippen LogP contribution >= 0.6 is 11.3 Å². The van der Waals surface area contributed by atoms with Crippen LogP contribution in [0.3, 0.4) is 0 Å². The molecular formula is C25H24N8O2S. The summed E-state index contributed by atoms with van der Waals surface area (Å²) in [4.78, 5) is 40.7. The molecule has 0 bridgehead atoms. The number of hydrogen-bond donors (Lipinski definition) is 1. The standard InChI is InChI=1S/C25H24N8O2S/c1-15-12-27-16(13-26-15)14-28-24(35)21-22(34)17-11-20(32-9-7-31(2)8-10-32)29-30-23(17)33-18-5-3-4-6-19(18)36-25(21)33/h3-6,11-13H,7-10,14H2,1-2H3,(H,28,35). The van der Waals surface area contributed by atoms with Crippen molar-refractivity contribution in [2.24, 2.45) is 0 Å². The van der Waals surface area contributed by atoms with Gasteiger partial charge in [0.25, 0.3) is 5.91 Å². The number of aromatic nitrogens is 5. The summed E-state index contributed by atoms with van der Waals surface area (Å²) >= 11 is 1.39. The Morgan fingerprint density at radius 1 is 1.08 bits per heavy atom. The molecule has 0 spiro atoms. The lowest BCUT2D eigenvalue weighted by Gasteiger charge is -2.32. The van der Waals surface area contributed by atoms with E-state index in [4.69, 9.17) is 0 Å². The van der Waals surface area contributed by atoms with E-state index in [0.29, 0.717) is 27.4 Å². The number of amides is 1. The Balaban J connectivity index is 1.50. The molecule has 5 heterocycles. The van der Waals surface area contributed by atoms with Gasteiger partial charge in [-0.25, -0.2) is 0 Å². The van der Waals surface area contributed by atoms with Gasteiger partial charge in [-0.3, -0.25) is 24.0 Å². The third-order valence-electron chi connectivity index (χ3n) is 6.49. The van der Waals surface area contributed by atoms with Crippen LogP contribution in [-0.2, 0) is 6.54 Å². The van der Waals surface area contributed by atoms with Gasteiger partial charge in [-0.2, -0.15) is 0 Å². The van der Waals surface area contributed by atoms with Crippen LogP contribution in [-0.4, -0.2) is 68.6 Å². The lowest BCUT2D eigenvalue weighted by atomic mass is 10.1. The van der Waals surface area contributed by atoms with Crippen molar-refractivity contribution in [2.75, 3.05) is 38.1 Å². The number of carbonyl (C=O) groups is 1. The molecule has 1 fully saturated rings. The van der Waals surface area contributed by atoms with E-state index in [1.54, 1.807) is 18.5 Å². The number of aryl methyl sites for hydroxylation is 1. The van der Waals surface area contributed by atoms with Crippen molar-refractivity contribution in [1.29, 1.82) is 0 Å². The summed E-state index contributed by atoms with van der Waals surface area (Å²) in [5.74, 6) is 0.194. The second-order valence-corrected chi connectivity index (χ2v) is 10.0. The minimum atomic E-state index is -0.453. The Kier molecular flexibility index (Phi) is 5.57. The van der Waals surface area contributed by atoms with E-state index >= 15 is 0 Å². The number of benzene rings is 1. The van der Waals surface area contributed by atoms with Crippen LogP contribution in [0.2, 0.25) is 0 Å². The van der Waals surface area contributed by atoms with E-state index in [1.165, 1.54) is 11.3 Å². The second-order valence-electron chi connectivity index (χ2n) is 8.98. The maximum absolute atomic E-state index is 13.8. The smallest absolute Gasteiger partial charge is 0.258 e. The topological polar surface area (TPSA) is 109 Å². The molecule has 1 aliphatic rings. The lowest BCUT2D eigenvalue weighted by Crippen LogP contribution is -2.45. The van der Waals surface area contributed by atoms with E-state index in [1.807, 2.05) is 35.6 Å². The summed E-state index contributed by atoms with van der Waals surface area (Å²) in [6, 6.07) is 9.57. The van der Waals surface area contributed by atoms with Gasteiger partial charge in [0.05, 0.1) is 39.7 Å². The summed E-state index contributed by atoms with van der Waals surface area (Å²) in [5.41, 5.74) is 2.48. The number of nitrogens with one attached hydrogen (secondary N) is 1. The summed E-state index contributed by atoms with van der Waals surface area (Å²) in [6.45, 7) is 5.43. The van der Waals surface area contributed by atoms with E-state index in [0.717, 1.165) is 42.1 Å². The number of pyridine rings is 1. The maximum Gasteiger partial charge on any atom is 0.258 e. The van der Waals surface area contributed by atoms with Crippen LogP contribution in [0.15, 0.2) is 47.5 Å². The van der Waals surface area contributed by atoms with Crippen LogP contribution in [0.1, 0.15) is 21.7 Å². The SMILES string of the molecule is Cc1cnc(CNC(=O)c2c(=O)c3cc(N4CCN(C)CC4)nnc3n3c2sc2ccccc23)cn1. The number of fused-ring (bicyclic) bond motifs is 5. The summed E-state index contributed by atoms with van der Waals surface area (Å²) in [5, 5.41) is 12.2. The second kappa shape index (κ2) is 8.92. The van der Waals surface area contributed by atoms with Gasteiger partial charge in [-0.05, 0) is 32.2 Å². The first-order valence-corrected chi connectivity index (χ1v) is 12.5. The quantitative estimate of drug-likeness (QED) is 0.400. The normalized spacial score (nSPS) is 14.7. The van der Waals surface area contributed by atoms with Gasteiger partial charge < -0.3 is 15.1 Å². The number of nitrogens with zero attached hydrogens (tertiary/aromatic N) is 7. The van der Waals surface area contributed by atoms with Crippen molar-refractivity contribution < 1.29 is 4.79 Å². The predicted molar refractivity (Wildman–Crippen MR) is 140 cm³/mol. The molecule has 0 aliphatic carbocycles. The molecule has 1 N–H and O–H groups in total. The molecule has 0 saturated carbocycles. The van der Waals surface area contributed by atoms with Gasteiger partial charge in [0.15, 0.2) is 11.5 Å². The largest absolute Gasteiger partial charge is 0.353 e. The molecule has 0 radical (unpaired) electrons. The first-order valence-electron chi connectivity index (χ1n) is 11.7. The van der Waals surface area contributed by atoms with E-state index in [9.17, 15) is 9.59 Å². The first kappa shape index (κ1) is 22.5. The van der Waals surface area contributed by atoms with Crippen molar-refractivity contribution in [3.8, 4) is 0 Å². The molecule has 182 valence electrons. The van der Waals surface area contributed by atoms with Crippen molar-refractivity contribution in [2.45, 2.75) is 13.5 Å². The van der Waals surface area contributed by atoms with E-state index in [-0.39, 0.29) is 17.5 Å². The zero-order chi connectivity index (χ0) is 24.8. The Bertz CT molecular complexity index is 1670. The van der Waals surface area contributed by atoms with Gasteiger partial charge in [0.1, 0.15) is 10.4 Å². The van der Waals surface area contributed by atoms with Gasteiger partial charge in [-0.15, -0.1) is 21.5 Å². The fourth-order valence-corrected chi connectivity index (χ4v) is 5.64. The molecular weight excluding hydrogens is 476 g/mol. The van der Waals surface area contributed by atoms with E-state index in [2.05, 4.69) is 42.3 Å². The number of rotatable bonds is 4.